The predicted octanol–water partition coefficient (Wildman–Crippen LogP) is 2.09. The molecule has 5 heteroatoms. The minimum absolute atomic E-state index is 0.0673. The minimum atomic E-state index is -0.224. The molecule has 0 radical (unpaired) electrons. The zero-order valence-electron chi connectivity index (χ0n) is 8.44. The summed E-state index contributed by atoms with van der Waals surface area (Å²) < 4.78 is 0. The number of nitrogens with zero attached hydrogens (tertiary/aromatic N) is 1. The van der Waals surface area contributed by atoms with E-state index < -0.39 is 0 Å². The largest absolute Gasteiger partial charge is 0.506 e. The smallest absolute Gasteiger partial charge is 0.233 e. The number of phenols is 1. The maximum atomic E-state index is 11.6. The number of phenolic OH excluding ortho intramolecular Hbond substituents is 1. The number of anilines is 1. The molecule has 84 valence electrons. The highest BCUT2D eigenvalue weighted by atomic mass is 35.5. The summed E-state index contributed by atoms with van der Waals surface area (Å²) in [6.07, 6.45) is 1.33. The number of hydrogen-bond donors (Lipinski definition) is 1. The average Bonchev–Trinajstić information content (AvgIpc) is 2.23. The molecule has 1 fully saturated rings. The van der Waals surface area contributed by atoms with Crippen LogP contribution in [0.3, 0.4) is 0 Å². The van der Waals surface area contributed by atoms with Gasteiger partial charge in [0.05, 0.1) is 10.7 Å². The van der Waals surface area contributed by atoms with Crippen molar-refractivity contribution in [3.8, 4) is 5.75 Å². The number of halogens is 1. The van der Waals surface area contributed by atoms with Crippen LogP contribution in [0.15, 0.2) is 18.2 Å². The van der Waals surface area contributed by atoms with Gasteiger partial charge in [-0.15, -0.1) is 0 Å². The lowest BCUT2D eigenvalue weighted by atomic mass is 10.1. The van der Waals surface area contributed by atoms with Gasteiger partial charge in [-0.3, -0.25) is 14.5 Å². The van der Waals surface area contributed by atoms with Crippen LogP contribution in [-0.2, 0) is 9.59 Å². The number of rotatable bonds is 1. The molecule has 2 amide bonds. The third-order valence-electron chi connectivity index (χ3n) is 2.47. The van der Waals surface area contributed by atoms with Crippen molar-refractivity contribution in [2.75, 3.05) is 4.90 Å². The van der Waals surface area contributed by atoms with Crippen molar-refractivity contribution < 1.29 is 14.7 Å². The summed E-state index contributed by atoms with van der Waals surface area (Å²) in [5.41, 5.74) is 0.414. The van der Waals surface area contributed by atoms with Crippen LogP contribution in [0.25, 0.3) is 0 Å². The number of carbonyl (C=O) groups is 2. The molecule has 4 nitrogen and oxygen atoms in total. The van der Waals surface area contributed by atoms with E-state index in [2.05, 4.69) is 0 Å². The quantitative estimate of drug-likeness (QED) is 0.764. The maximum Gasteiger partial charge on any atom is 0.233 e. The highest BCUT2D eigenvalue weighted by molar-refractivity contribution is 6.32. The standard InChI is InChI=1S/C11H10ClNO3/c12-8-6-7(4-5-9(8)14)13-10(15)2-1-3-11(13)16/h4-6,14H,1-3H2. The topological polar surface area (TPSA) is 57.6 Å². The molecule has 1 heterocycles. The van der Waals surface area contributed by atoms with E-state index in [0.29, 0.717) is 24.9 Å². The van der Waals surface area contributed by atoms with Gasteiger partial charge in [0.25, 0.3) is 0 Å². The molecule has 0 aromatic heterocycles. The maximum absolute atomic E-state index is 11.6. The van der Waals surface area contributed by atoms with Crippen molar-refractivity contribution >= 4 is 29.1 Å². The first kappa shape index (κ1) is 11.0. The fourth-order valence-electron chi connectivity index (χ4n) is 1.68. The molecular formula is C11H10ClNO3. The third-order valence-corrected chi connectivity index (χ3v) is 2.77. The second kappa shape index (κ2) is 4.14. The lowest BCUT2D eigenvalue weighted by molar-refractivity contribution is -0.129. The van der Waals surface area contributed by atoms with Crippen molar-refractivity contribution in [2.45, 2.75) is 19.3 Å². The number of benzene rings is 1. The Labute approximate surface area is 97.4 Å². The number of hydrogen-bond acceptors (Lipinski definition) is 3. The average molecular weight is 240 g/mol. The Morgan fingerprint density at radius 2 is 1.81 bits per heavy atom. The van der Waals surface area contributed by atoms with Gasteiger partial charge in [-0.25, -0.2) is 0 Å². The molecule has 0 aliphatic carbocycles. The van der Waals surface area contributed by atoms with E-state index in [1.54, 1.807) is 0 Å². The van der Waals surface area contributed by atoms with E-state index in [0.717, 1.165) is 4.90 Å². The molecule has 1 aliphatic rings. The van der Waals surface area contributed by atoms with Crippen molar-refractivity contribution in [3.05, 3.63) is 23.2 Å². The Hall–Kier alpha value is -1.55. The molecule has 1 aromatic rings. The zero-order chi connectivity index (χ0) is 11.7. The van der Waals surface area contributed by atoms with Gasteiger partial charge in [-0.1, -0.05) is 11.6 Å². The SMILES string of the molecule is O=C1CCCC(=O)N1c1ccc(O)c(Cl)c1. The Morgan fingerprint density at radius 1 is 1.19 bits per heavy atom. The lowest BCUT2D eigenvalue weighted by Crippen LogP contribution is -2.40. The molecule has 0 unspecified atom stereocenters. The van der Waals surface area contributed by atoms with Gasteiger partial charge < -0.3 is 5.11 Å². The first-order chi connectivity index (χ1) is 7.59. The van der Waals surface area contributed by atoms with E-state index >= 15 is 0 Å². The highest BCUT2D eigenvalue weighted by Crippen LogP contribution is 2.30. The van der Waals surface area contributed by atoms with Gasteiger partial charge in [0.15, 0.2) is 0 Å². The molecule has 0 bridgehead atoms. The molecule has 16 heavy (non-hydrogen) atoms. The first-order valence-corrected chi connectivity index (χ1v) is 5.31. The van der Waals surface area contributed by atoms with Crippen molar-refractivity contribution in [1.29, 1.82) is 0 Å². The predicted molar refractivity (Wildman–Crippen MR) is 59.5 cm³/mol. The van der Waals surface area contributed by atoms with Gasteiger partial charge in [0.2, 0.25) is 11.8 Å². The molecule has 1 aromatic carbocycles. The molecule has 1 N–H and O–H groups in total. The lowest BCUT2D eigenvalue weighted by Gasteiger charge is -2.24. The Balaban J connectivity index is 2.38. The number of amides is 2. The van der Waals surface area contributed by atoms with Gasteiger partial charge in [-0.2, -0.15) is 0 Å². The summed E-state index contributed by atoms with van der Waals surface area (Å²) in [5.74, 6) is -0.515. The van der Waals surface area contributed by atoms with Crippen LogP contribution in [0.5, 0.6) is 5.75 Å². The second-order valence-electron chi connectivity index (χ2n) is 3.61. The fraction of sp³-hybridized carbons (Fsp3) is 0.273. The Kier molecular flexibility index (Phi) is 2.83. The van der Waals surface area contributed by atoms with Crippen LogP contribution >= 0.6 is 11.6 Å². The van der Waals surface area contributed by atoms with Crippen LogP contribution in [0.2, 0.25) is 5.02 Å². The number of aromatic hydroxyl groups is 1. The first-order valence-electron chi connectivity index (χ1n) is 4.94. The van der Waals surface area contributed by atoms with Crippen LogP contribution in [-0.4, -0.2) is 16.9 Å². The molecule has 1 aliphatic heterocycles. The van der Waals surface area contributed by atoms with E-state index in [4.69, 9.17) is 11.6 Å². The summed E-state index contributed by atoms with van der Waals surface area (Å²) in [6, 6.07) is 4.28. The molecular weight excluding hydrogens is 230 g/mol. The molecule has 1 saturated heterocycles. The minimum Gasteiger partial charge on any atom is -0.506 e. The third kappa shape index (κ3) is 1.88. The van der Waals surface area contributed by atoms with E-state index in [-0.39, 0.29) is 22.6 Å². The van der Waals surface area contributed by atoms with Gasteiger partial charge in [0.1, 0.15) is 5.75 Å². The molecule has 0 spiro atoms. The monoisotopic (exact) mass is 239 g/mol. The number of imide groups is 1. The summed E-state index contributed by atoms with van der Waals surface area (Å²) in [4.78, 5) is 24.3. The van der Waals surface area contributed by atoms with Crippen molar-refractivity contribution in [2.24, 2.45) is 0 Å². The van der Waals surface area contributed by atoms with Gasteiger partial charge in [0, 0.05) is 12.8 Å². The number of piperidine rings is 1. The van der Waals surface area contributed by atoms with Crippen molar-refractivity contribution in [3.63, 3.8) is 0 Å². The fourth-order valence-corrected chi connectivity index (χ4v) is 1.85. The summed E-state index contributed by atoms with van der Waals surface area (Å²) in [6.45, 7) is 0. The van der Waals surface area contributed by atoms with Crippen LogP contribution in [0.1, 0.15) is 19.3 Å². The summed E-state index contributed by atoms with van der Waals surface area (Å²) in [5, 5.41) is 9.38. The number of carbonyl (C=O) groups excluding carboxylic acids is 2. The Morgan fingerprint density at radius 3 is 2.38 bits per heavy atom. The van der Waals surface area contributed by atoms with Crippen LogP contribution in [0, 0.1) is 0 Å². The van der Waals surface area contributed by atoms with Crippen molar-refractivity contribution in [1.82, 2.24) is 0 Å². The Bertz CT molecular complexity index is 443. The highest BCUT2D eigenvalue weighted by Gasteiger charge is 2.27. The van der Waals surface area contributed by atoms with Gasteiger partial charge >= 0.3 is 0 Å². The van der Waals surface area contributed by atoms with Gasteiger partial charge in [-0.05, 0) is 24.6 Å². The summed E-state index contributed by atoms with van der Waals surface area (Å²) >= 11 is 5.73. The van der Waals surface area contributed by atoms with E-state index in [1.807, 2.05) is 0 Å². The molecule has 0 saturated carbocycles. The second-order valence-corrected chi connectivity index (χ2v) is 4.02. The van der Waals surface area contributed by atoms with Crippen LogP contribution in [0.4, 0.5) is 5.69 Å². The van der Waals surface area contributed by atoms with Crippen LogP contribution < -0.4 is 4.90 Å². The molecule has 2 rings (SSSR count). The summed E-state index contributed by atoms with van der Waals surface area (Å²) in [7, 11) is 0. The van der Waals surface area contributed by atoms with E-state index in [1.165, 1.54) is 18.2 Å². The molecule has 0 atom stereocenters. The van der Waals surface area contributed by atoms with E-state index in [9.17, 15) is 14.7 Å². The normalized spacial score (nSPS) is 16.7. The zero-order valence-corrected chi connectivity index (χ0v) is 9.20.